The van der Waals surface area contributed by atoms with Gasteiger partial charge in [-0.3, -0.25) is 4.79 Å². The van der Waals surface area contributed by atoms with Crippen molar-refractivity contribution in [2.24, 2.45) is 0 Å². The molecule has 0 aliphatic heterocycles. The van der Waals surface area contributed by atoms with Crippen LogP contribution in [-0.2, 0) is 0 Å². The largest absolute Gasteiger partial charge is 0.497 e. The molecule has 106 valence electrons. The smallest absolute Gasteiger partial charge is 0.184 e. The summed E-state index contributed by atoms with van der Waals surface area (Å²) in [4.78, 5) is 12.6. The predicted octanol–water partition coefficient (Wildman–Crippen LogP) is 4.26. The molecule has 0 radical (unpaired) electrons. The zero-order valence-electron chi connectivity index (χ0n) is 11.8. The number of nitrogens with zero attached hydrogens (tertiary/aromatic N) is 1. The van der Waals surface area contributed by atoms with E-state index in [-0.39, 0.29) is 5.78 Å². The topological polar surface area (TPSA) is 50.1 Å². The number of hydrogen-bond acceptors (Lipinski definition) is 3. The number of hydrogen-bond donors (Lipinski definition) is 0. The Kier molecular flexibility index (Phi) is 4.77. The van der Waals surface area contributed by atoms with Crippen LogP contribution < -0.4 is 4.74 Å². The molecular weight excluding hydrogens is 330 g/mol. The van der Waals surface area contributed by atoms with Gasteiger partial charge in [0.15, 0.2) is 5.78 Å². The van der Waals surface area contributed by atoms with Gasteiger partial charge in [0, 0.05) is 10.0 Å². The molecule has 2 aromatic rings. The Bertz CT molecular complexity index is 699. The van der Waals surface area contributed by atoms with Crippen LogP contribution >= 0.6 is 15.9 Å². The number of carbonyl (C=O) groups is 1. The molecule has 0 saturated heterocycles. The second-order valence-corrected chi connectivity index (χ2v) is 5.64. The summed E-state index contributed by atoms with van der Waals surface area (Å²) in [5, 5.41) is 9.39. The molecule has 0 bridgehead atoms. The first kappa shape index (κ1) is 15.3. The number of carbonyl (C=O) groups excluding carboxylic acids is 1. The number of ketones is 1. The third-order valence-corrected chi connectivity index (χ3v) is 3.60. The lowest BCUT2D eigenvalue weighted by Gasteiger charge is -2.11. The maximum Gasteiger partial charge on any atom is 0.184 e. The molecule has 0 fully saturated rings. The second kappa shape index (κ2) is 6.55. The van der Waals surface area contributed by atoms with Gasteiger partial charge >= 0.3 is 0 Å². The highest BCUT2D eigenvalue weighted by atomic mass is 79.9. The van der Waals surface area contributed by atoms with E-state index in [1.807, 2.05) is 13.0 Å². The maximum atomic E-state index is 12.6. The Morgan fingerprint density at radius 1 is 1.29 bits per heavy atom. The van der Waals surface area contributed by atoms with E-state index in [0.717, 1.165) is 10.0 Å². The van der Waals surface area contributed by atoms with Gasteiger partial charge in [-0.25, -0.2) is 0 Å². The molecule has 3 nitrogen and oxygen atoms in total. The molecule has 0 amide bonds. The Hall–Kier alpha value is -2.12. The summed E-state index contributed by atoms with van der Waals surface area (Å²) >= 11 is 3.38. The van der Waals surface area contributed by atoms with Gasteiger partial charge in [0.2, 0.25) is 0 Å². The second-order valence-electron chi connectivity index (χ2n) is 4.72. The summed E-state index contributed by atoms with van der Waals surface area (Å²) in [6.45, 7) is 1.91. The number of nitriles is 1. The van der Waals surface area contributed by atoms with Crippen LogP contribution in [0.15, 0.2) is 46.9 Å². The SMILES string of the molecule is COc1cccc(C(C#N)C(=O)c2cc(C)cc(Br)c2)c1. The summed E-state index contributed by atoms with van der Waals surface area (Å²) in [6.07, 6.45) is 0. The highest BCUT2D eigenvalue weighted by Gasteiger charge is 2.22. The van der Waals surface area contributed by atoms with Crippen LogP contribution in [0.4, 0.5) is 0 Å². The van der Waals surface area contributed by atoms with Crippen LogP contribution in [0.3, 0.4) is 0 Å². The summed E-state index contributed by atoms with van der Waals surface area (Å²) in [5.41, 5.74) is 2.13. The van der Waals surface area contributed by atoms with Crippen LogP contribution in [0.1, 0.15) is 27.4 Å². The molecule has 0 spiro atoms. The lowest BCUT2D eigenvalue weighted by molar-refractivity contribution is 0.0978. The first-order valence-electron chi connectivity index (χ1n) is 6.40. The minimum Gasteiger partial charge on any atom is -0.497 e. The Morgan fingerprint density at radius 2 is 2.05 bits per heavy atom. The highest BCUT2D eigenvalue weighted by molar-refractivity contribution is 9.10. The minimum atomic E-state index is -0.839. The van der Waals surface area contributed by atoms with E-state index in [4.69, 9.17) is 4.74 Å². The lowest BCUT2D eigenvalue weighted by atomic mass is 9.91. The molecule has 1 atom stereocenters. The number of benzene rings is 2. The first-order chi connectivity index (χ1) is 10.0. The van der Waals surface area contributed by atoms with Crippen molar-refractivity contribution >= 4 is 21.7 Å². The Morgan fingerprint density at radius 3 is 2.67 bits per heavy atom. The third kappa shape index (κ3) is 3.50. The third-order valence-electron chi connectivity index (χ3n) is 3.15. The Balaban J connectivity index is 2.41. The van der Waals surface area contributed by atoms with Gasteiger partial charge < -0.3 is 4.74 Å². The Labute approximate surface area is 132 Å². The number of ether oxygens (including phenoxy) is 1. The first-order valence-corrected chi connectivity index (χ1v) is 7.19. The molecular formula is C17H14BrNO2. The predicted molar refractivity (Wildman–Crippen MR) is 84.6 cm³/mol. The quantitative estimate of drug-likeness (QED) is 0.779. The molecule has 0 N–H and O–H groups in total. The standard InChI is InChI=1S/C17H14BrNO2/c1-11-6-13(8-14(18)7-11)17(20)16(10-19)12-4-3-5-15(9-12)21-2/h3-9,16H,1-2H3. The maximum absolute atomic E-state index is 12.6. The van der Waals surface area contributed by atoms with Gasteiger partial charge in [-0.15, -0.1) is 0 Å². The fraction of sp³-hybridized carbons (Fsp3) is 0.176. The average Bonchev–Trinajstić information content (AvgIpc) is 2.47. The fourth-order valence-electron chi connectivity index (χ4n) is 2.15. The molecule has 0 heterocycles. The van der Waals surface area contributed by atoms with Crippen LogP contribution in [-0.4, -0.2) is 12.9 Å². The van der Waals surface area contributed by atoms with Crippen LogP contribution in [0.2, 0.25) is 0 Å². The van der Waals surface area contributed by atoms with Crippen molar-refractivity contribution in [1.82, 2.24) is 0 Å². The van der Waals surface area contributed by atoms with Crippen LogP contribution in [0.25, 0.3) is 0 Å². The number of halogens is 1. The van der Waals surface area contributed by atoms with Gasteiger partial charge in [0.1, 0.15) is 11.7 Å². The van der Waals surface area contributed by atoms with Gasteiger partial charge in [-0.2, -0.15) is 5.26 Å². The van der Waals surface area contributed by atoms with Gasteiger partial charge in [-0.1, -0.05) is 28.1 Å². The van der Waals surface area contributed by atoms with E-state index >= 15 is 0 Å². The van der Waals surface area contributed by atoms with Crippen molar-refractivity contribution in [2.45, 2.75) is 12.8 Å². The van der Waals surface area contributed by atoms with Gasteiger partial charge in [0.05, 0.1) is 13.2 Å². The summed E-state index contributed by atoms with van der Waals surface area (Å²) in [7, 11) is 1.56. The monoisotopic (exact) mass is 343 g/mol. The van der Waals surface area contributed by atoms with Crippen molar-refractivity contribution in [3.05, 3.63) is 63.6 Å². The molecule has 21 heavy (non-hydrogen) atoms. The zero-order valence-corrected chi connectivity index (χ0v) is 13.3. The van der Waals surface area contributed by atoms with Crippen molar-refractivity contribution in [1.29, 1.82) is 5.26 Å². The van der Waals surface area contributed by atoms with E-state index in [0.29, 0.717) is 16.9 Å². The molecule has 0 aliphatic rings. The molecule has 2 rings (SSSR count). The summed E-state index contributed by atoms with van der Waals surface area (Å²) in [5.74, 6) is -0.421. The van der Waals surface area contributed by atoms with Gasteiger partial charge in [-0.05, 0) is 48.4 Å². The number of aryl methyl sites for hydroxylation is 1. The molecule has 0 aromatic heterocycles. The minimum absolute atomic E-state index is 0.213. The number of rotatable bonds is 4. The highest BCUT2D eigenvalue weighted by Crippen LogP contribution is 2.26. The van der Waals surface area contributed by atoms with Crippen LogP contribution in [0, 0.1) is 18.3 Å². The number of methoxy groups -OCH3 is 1. The molecule has 4 heteroatoms. The molecule has 0 aliphatic carbocycles. The van der Waals surface area contributed by atoms with E-state index in [1.165, 1.54) is 0 Å². The van der Waals surface area contributed by atoms with Crippen molar-refractivity contribution in [3.8, 4) is 11.8 Å². The van der Waals surface area contributed by atoms with E-state index < -0.39 is 5.92 Å². The van der Waals surface area contributed by atoms with Crippen molar-refractivity contribution < 1.29 is 9.53 Å². The van der Waals surface area contributed by atoms with E-state index in [2.05, 4.69) is 22.0 Å². The normalized spacial score (nSPS) is 11.5. The van der Waals surface area contributed by atoms with Crippen LogP contribution in [0.5, 0.6) is 5.75 Å². The molecule has 0 saturated carbocycles. The lowest BCUT2D eigenvalue weighted by Crippen LogP contribution is -2.11. The number of Topliss-reactive ketones (excluding diaryl/α,β-unsaturated/α-hetero) is 1. The molecule has 1 unspecified atom stereocenters. The summed E-state index contributed by atoms with van der Waals surface area (Å²) in [6, 6.07) is 14.6. The van der Waals surface area contributed by atoms with Crippen molar-refractivity contribution in [2.75, 3.05) is 7.11 Å². The fourth-order valence-corrected chi connectivity index (χ4v) is 2.76. The van der Waals surface area contributed by atoms with E-state index in [1.54, 1.807) is 43.5 Å². The average molecular weight is 344 g/mol. The zero-order chi connectivity index (χ0) is 15.4. The molecule has 2 aromatic carbocycles. The van der Waals surface area contributed by atoms with Crippen molar-refractivity contribution in [3.63, 3.8) is 0 Å². The van der Waals surface area contributed by atoms with E-state index in [9.17, 15) is 10.1 Å². The summed E-state index contributed by atoms with van der Waals surface area (Å²) < 4.78 is 5.97. The van der Waals surface area contributed by atoms with Gasteiger partial charge in [0.25, 0.3) is 0 Å².